The smallest absolute Gasteiger partial charge is 0.123 e. The number of benzene rings is 1. The zero-order valence-corrected chi connectivity index (χ0v) is 7.09. The Morgan fingerprint density at radius 2 is 1.92 bits per heavy atom. The maximum Gasteiger partial charge on any atom is 0.123 e. The molecule has 0 atom stereocenters. The second kappa shape index (κ2) is 3.26. The number of rotatable bonds is 1. The molecule has 0 heterocycles. The lowest BCUT2D eigenvalue weighted by Gasteiger charge is -2.08. The SMILES string of the molecule is Fc1cccc(C2CCCC2)c1. The molecule has 1 aliphatic carbocycles. The first kappa shape index (κ1) is 7.78. The highest BCUT2D eigenvalue weighted by atomic mass is 19.1. The lowest BCUT2D eigenvalue weighted by molar-refractivity contribution is 0.618. The highest BCUT2D eigenvalue weighted by molar-refractivity contribution is 5.21. The van der Waals surface area contributed by atoms with Crippen molar-refractivity contribution in [1.82, 2.24) is 0 Å². The number of halogens is 1. The van der Waals surface area contributed by atoms with Crippen LogP contribution in [0.15, 0.2) is 24.3 Å². The van der Waals surface area contributed by atoms with E-state index in [2.05, 4.69) is 0 Å². The van der Waals surface area contributed by atoms with Crippen molar-refractivity contribution in [3.05, 3.63) is 35.6 Å². The van der Waals surface area contributed by atoms with E-state index in [0.29, 0.717) is 5.92 Å². The van der Waals surface area contributed by atoms with Crippen LogP contribution in [0.2, 0.25) is 0 Å². The van der Waals surface area contributed by atoms with Gasteiger partial charge in [0.1, 0.15) is 5.82 Å². The van der Waals surface area contributed by atoms with Gasteiger partial charge in [0.15, 0.2) is 0 Å². The van der Waals surface area contributed by atoms with Crippen LogP contribution in [0.25, 0.3) is 0 Å². The van der Waals surface area contributed by atoms with Crippen molar-refractivity contribution in [2.24, 2.45) is 0 Å². The van der Waals surface area contributed by atoms with Crippen molar-refractivity contribution in [1.29, 1.82) is 0 Å². The van der Waals surface area contributed by atoms with Crippen LogP contribution in [0.5, 0.6) is 0 Å². The van der Waals surface area contributed by atoms with E-state index in [-0.39, 0.29) is 5.82 Å². The van der Waals surface area contributed by atoms with Crippen LogP contribution in [-0.2, 0) is 0 Å². The normalized spacial score (nSPS) is 18.4. The largest absolute Gasteiger partial charge is 0.207 e. The molecule has 0 amide bonds. The Morgan fingerprint density at radius 3 is 2.58 bits per heavy atom. The molecule has 0 saturated heterocycles. The van der Waals surface area contributed by atoms with Crippen molar-refractivity contribution in [3.8, 4) is 0 Å². The van der Waals surface area contributed by atoms with Crippen LogP contribution in [0, 0.1) is 5.82 Å². The summed E-state index contributed by atoms with van der Waals surface area (Å²) in [6.45, 7) is 0. The van der Waals surface area contributed by atoms with Gasteiger partial charge in [-0.3, -0.25) is 0 Å². The maximum absolute atomic E-state index is 12.8. The molecule has 1 fully saturated rings. The van der Waals surface area contributed by atoms with E-state index >= 15 is 0 Å². The van der Waals surface area contributed by atoms with Gasteiger partial charge in [-0.05, 0) is 36.5 Å². The third-order valence-corrected chi connectivity index (χ3v) is 2.68. The zero-order valence-electron chi connectivity index (χ0n) is 7.09. The number of hydrogen-bond donors (Lipinski definition) is 0. The van der Waals surface area contributed by atoms with Gasteiger partial charge in [0.05, 0.1) is 0 Å². The molecule has 64 valence electrons. The van der Waals surface area contributed by atoms with Crippen molar-refractivity contribution < 1.29 is 4.39 Å². The van der Waals surface area contributed by atoms with Gasteiger partial charge in [0.2, 0.25) is 0 Å². The second-order valence-electron chi connectivity index (χ2n) is 3.54. The molecular weight excluding hydrogens is 151 g/mol. The Hall–Kier alpha value is -0.850. The van der Waals surface area contributed by atoms with E-state index < -0.39 is 0 Å². The molecule has 0 nitrogen and oxygen atoms in total. The first-order valence-electron chi connectivity index (χ1n) is 4.62. The lowest BCUT2D eigenvalue weighted by Crippen LogP contribution is -1.91. The van der Waals surface area contributed by atoms with E-state index in [1.165, 1.54) is 37.3 Å². The first-order valence-corrected chi connectivity index (χ1v) is 4.62. The van der Waals surface area contributed by atoms with Gasteiger partial charge in [0, 0.05) is 0 Å². The summed E-state index contributed by atoms with van der Waals surface area (Å²) in [6.07, 6.45) is 5.09. The third kappa shape index (κ3) is 1.50. The third-order valence-electron chi connectivity index (χ3n) is 2.68. The van der Waals surface area contributed by atoms with Gasteiger partial charge in [-0.1, -0.05) is 25.0 Å². The van der Waals surface area contributed by atoms with Crippen LogP contribution < -0.4 is 0 Å². The Bertz CT molecular complexity index is 261. The summed E-state index contributed by atoms with van der Waals surface area (Å²) in [5.74, 6) is 0.528. The summed E-state index contributed by atoms with van der Waals surface area (Å²) in [5, 5.41) is 0. The molecule has 1 aliphatic rings. The molecule has 1 aromatic rings. The maximum atomic E-state index is 12.8. The minimum absolute atomic E-state index is 0.0978. The lowest BCUT2D eigenvalue weighted by atomic mass is 9.98. The van der Waals surface area contributed by atoms with Crippen LogP contribution in [-0.4, -0.2) is 0 Å². The van der Waals surface area contributed by atoms with Crippen LogP contribution >= 0.6 is 0 Å². The fourth-order valence-electron chi connectivity index (χ4n) is 2.02. The summed E-state index contributed by atoms with van der Waals surface area (Å²) in [6, 6.07) is 7.04. The highest BCUT2D eigenvalue weighted by Crippen LogP contribution is 2.33. The molecule has 1 heteroatoms. The van der Waals surface area contributed by atoms with Gasteiger partial charge < -0.3 is 0 Å². The molecule has 2 rings (SSSR count). The van der Waals surface area contributed by atoms with E-state index in [1.54, 1.807) is 6.07 Å². The zero-order chi connectivity index (χ0) is 8.39. The fourth-order valence-corrected chi connectivity index (χ4v) is 2.02. The van der Waals surface area contributed by atoms with E-state index in [9.17, 15) is 4.39 Å². The predicted octanol–water partition coefficient (Wildman–Crippen LogP) is 3.48. The van der Waals surface area contributed by atoms with Crippen molar-refractivity contribution >= 4 is 0 Å². The molecule has 1 saturated carbocycles. The van der Waals surface area contributed by atoms with Gasteiger partial charge in [0.25, 0.3) is 0 Å². The van der Waals surface area contributed by atoms with Crippen molar-refractivity contribution in [2.75, 3.05) is 0 Å². The molecule has 12 heavy (non-hydrogen) atoms. The Balaban J connectivity index is 2.21. The molecule has 0 N–H and O–H groups in total. The van der Waals surface area contributed by atoms with E-state index in [0.717, 1.165) is 0 Å². The molecule has 0 bridgehead atoms. The predicted molar refractivity (Wildman–Crippen MR) is 47.6 cm³/mol. The van der Waals surface area contributed by atoms with Crippen LogP contribution in [0.4, 0.5) is 4.39 Å². The summed E-state index contributed by atoms with van der Waals surface area (Å²) >= 11 is 0. The molecule has 0 unspecified atom stereocenters. The summed E-state index contributed by atoms with van der Waals surface area (Å²) in [4.78, 5) is 0. The fraction of sp³-hybridized carbons (Fsp3) is 0.455. The molecule has 0 aliphatic heterocycles. The van der Waals surface area contributed by atoms with Crippen molar-refractivity contribution in [2.45, 2.75) is 31.6 Å². The first-order chi connectivity index (χ1) is 5.86. The van der Waals surface area contributed by atoms with Crippen LogP contribution in [0.1, 0.15) is 37.2 Å². The second-order valence-corrected chi connectivity index (χ2v) is 3.54. The Labute approximate surface area is 72.4 Å². The van der Waals surface area contributed by atoms with Crippen molar-refractivity contribution in [3.63, 3.8) is 0 Å². The standard InChI is InChI=1S/C11H13F/c12-11-7-3-6-10(8-11)9-4-1-2-5-9/h3,6-9H,1-2,4-5H2. The highest BCUT2D eigenvalue weighted by Gasteiger charge is 2.16. The number of hydrogen-bond acceptors (Lipinski definition) is 0. The molecule has 0 radical (unpaired) electrons. The monoisotopic (exact) mass is 164 g/mol. The topological polar surface area (TPSA) is 0 Å². The minimum Gasteiger partial charge on any atom is -0.207 e. The molecule has 0 spiro atoms. The molecule has 0 aromatic heterocycles. The minimum atomic E-state index is -0.0978. The molecular formula is C11H13F. The average molecular weight is 164 g/mol. The Morgan fingerprint density at radius 1 is 1.17 bits per heavy atom. The van der Waals surface area contributed by atoms with Crippen LogP contribution in [0.3, 0.4) is 0 Å². The molecule has 1 aromatic carbocycles. The van der Waals surface area contributed by atoms with E-state index in [1.807, 2.05) is 12.1 Å². The average Bonchev–Trinajstić information content (AvgIpc) is 2.56. The van der Waals surface area contributed by atoms with Gasteiger partial charge >= 0.3 is 0 Å². The van der Waals surface area contributed by atoms with Gasteiger partial charge in [-0.15, -0.1) is 0 Å². The summed E-state index contributed by atoms with van der Waals surface area (Å²) < 4.78 is 12.8. The quantitative estimate of drug-likeness (QED) is 0.596. The summed E-state index contributed by atoms with van der Waals surface area (Å²) in [5.41, 5.74) is 1.19. The van der Waals surface area contributed by atoms with E-state index in [4.69, 9.17) is 0 Å². The van der Waals surface area contributed by atoms with Gasteiger partial charge in [-0.25, -0.2) is 4.39 Å². The summed E-state index contributed by atoms with van der Waals surface area (Å²) in [7, 11) is 0. The Kier molecular flexibility index (Phi) is 2.11. The van der Waals surface area contributed by atoms with Gasteiger partial charge in [-0.2, -0.15) is 0 Å².